The van der Waals surface area contributed by atoms with Gasteiger partial charge in [0.05, 0.1) is 6.54 Å². The minimum Gasteiger partial charge on any atom is -0.454 e. The zero-order chi connectivity index (χ0) is 19.9. The number of carbonyl (C=O) groups excluding carboxylic acids is 4. The fourth-order valence-corrected chi connectivity index (χ4v) is 2.89. The second kappa shape index (κ2) is 8.94. The Morgan fingerprint density at radius 3 is 2.07 bits per heavy atom. The van der Waals surface area contributed by atoms with Gasteiger partial charge in [-0.3, -0.25) is 24.1 Å². The molecule has 144 valence electrons. The van der Waals surface area contributed by atoms with E-state index < -0.39 is 36.8 Å². The van der Waals surface area contributed by atoms with E-state index >= 15 is 0 Å². The molecule has 3 rings (SSSR count). The number of para-hydroxylation sites is 1. The average molecular weight is 380 g/mol. The van der Waals surface area contributed by atoms with Gasteiger partial charge in [0.15, 0.2) is 6.61 Å². The number of hydrogen-bond donors (Lipinski definition) is 0. The van der Waals surface area contributed by atoms with E-state index in [1.54, 1.807) is 12.1 Å². The van der Waals surface area contributed by atoms with Gasteiger partial charge in [0.25, 0.3) is 5.91 Å². The van der Waals surface area contributed by atoms with Gasteiger partial charge in [0, 0.05) is 18.5 Å². The number of rotatable bonds is 7. The molecule has 0 N–H and O–H groups in total. The molecule has 28 heavy (non-hydrogen) atoms. The molecule has 1 fully saturated rings. The monoisotopic (exact) mass is 380 g/mol. The van der Waals surface area contributed by atoms with Gasteiger partial charge in [-0.05, 0) is 17.7 Å². The fraction of sp³-hybridized carbons (Fsp3) is 0.238. The van der Waals surface area contributed by atoms with Crippen molar-refractivity contribution < 1.29 is 23.9 Å². The van der Waals surface area contributed by atoms with E-state index in [9.17, 15) is 19.2 Å². The molecule has 3 amide bonds. The highest BCUT2D eigenvalue weighted by molar-refractivity contribution is 6.04. The first-order chi connectivity index (χ1) is 13.5. The van der Waals surface area contributed by atoms with Crippen molar-refractivity contribution in [3.8, 4) is 0 Å². The van der Waals surface area contributed by atoms with Crippen molar-refractivity contribution in [1.29, 1.82) is 0 Å². The number of ether oxygens (including phenoxy) is 1. The maximum atomic E-state index is 12.7. The Kier molecular flexibility index (Phi) is 6.16. The maximum Gasteiger partial charge on any atom is 0.326 e. The molecule has 7 heteroatoms. The lowest BCUT2D eigenvalue weighted by molar-refractivity contribution is -0.154. The predicted molar refractivity (Wildman–Crippen MR) is 101 cm³/mol. The first-order valence-corrected chi connectivity index (χ1v) is 8.93. The minimum atomic E-state index is -0.787. The van der Waals surface area contributed by atoms with Crippen LogP contribution in [0.2, 0.25) is 0 Å². The van der Waals surface area contributed by atoms with Crippen molar-refractivity contribution in [2.45, 2.75) is 19.4 Å². The number of carbonyl (C=O) groups is 4. The molecule has 1 aliphatic heterocycles. The number of likely N-dealkylation sites (tertiary alicyclic amines) is 1. The number of imide groups is 1. The van der Waals surface area contributed by atoms with Gasteiger partial charge in [0.1, 0.15) is 6.54 Å². The van der Waals surface area contributed by atoms with Crippen LogP contribution in [0, 0.1) is 0 Å². The lowest BCUT2D eigenvalue weighted by Gasteiger charge is -2.23. The number of anilines is 1. The zero-order valence-electron chi connectivity index (χ0n) is 15.2. The summed E-state index contributed by atoms with van der Waals surface area (Å²) >= 11 is 0. The van der Waals surface area contributed by atoms with Crippen LogP contribution < -0.4 is 4.90 Å². The second-order valence-electron chi connectivity index (χ2n) is 6.34. The lowest BCUT2D eigenvalue weighted by Crippen LogP contribution is -2.38. The van der Waals surface area contributed by atoms with Crippen molar-refractivity contribution >= 4 is 29.4 Å². The number of benzene rings is 2. The number of hydrogen-bond acceptors (Lipinski definition) is 5. The predicted octanol–water partition coefficient (Wildman–Crippen LogP) is 1.91. The standard InChI is InChI=1S/C21H20N2O5/c24-18-11-12-19(25)23(18)14-21(27)28-15-20(26)22(17-9-5-2-6-10-17)13-16-7-3-1-4-8-16/h1-10H,11-15H2. The average Bonchev–Trinajstić information content (AvgIpc) is 3.03. The van der Waals surface area contributed by atoms with E-state index in [0.29, 0.717) is 12.2 Å². The van der Waals surface area contributed by atoms with Gasteiger partial charge in [0.2, 0.25) is 11.8 Å². The maximum absolute atomic E-state index is 12.7. The van der Waals surface area contributed by atoms with Crippen molar-refractivity contribution in [2.24, 2.45) is 0 Å². The molecule has 0 bridgehead atoms. The van der Waals surface area contributed by atoms with Crippen LogP contribution >= 0.6 is 0 Å². The van der Waals surface area contributed by atoms with Gasteiger partial charge < -0.3 is 9.64 Å². The molecular formula is C21H20N2O5. The molecule has 7 nitrogen and oxygen atoms in total. The lowest BCUT2D eigenvalue weighted by atomic mass is 10.2. The van der Waals surface area contributed by atoms with E-state index in [-0.39, 0.29) is 12.8 Å². The van der Waals surface area contributed by atoms with Crippen molar-refractivity contribution in [2.75, 3.05) is 18.1 Å². The first-order valence-electron chi connectivity index (χ1n) is 8.93. The van der Waals surface area contributed by atoms with Crippen LogP contribution in [0.1, 0.15) is 18.4 Å². The second-order valence-corrected chi connectivity index (χ2v) is 6.34. The molecule has 0 spiro atoms. The summed E-state index contributed by atoms with van der Waals surface area (Å²) in [6.07, 6.45) is 0.202. The summed E-state index contributed by atoms with van der Waals surface area (Å²) in [7, 11) is 0. The normalized spacial score (nSPS) is 13.5. The van der Waals surface area contributed by atoms with Crippen LogP contribution in [-0.4, -0.2) is 41.7 Å². The van der Waals surface area contributed by atoms with Crippen molar-refractivity contribution in [1.82, 2.24) is 4.90 Å². The zero-order valence-corrected chi connectivity index (χ0v) is 15.2. The van der Waals surface area contributed by atoms with E-state index in [0.717, 1.165) is 10.5 Å². The molecule has 2 aromatic carbocycles. The van der Waals surface area contributed by atoms with Gasteiger partial charge >= 0.3 is 5.97 Å². The SMILES string of the molecule is O=C(CN1C(=O)CCC1=O)OCC(=O)N(Cc1ccccc1)c1ccccc1. The quantitative estimate of drug-likeness (QED) is 0.541. The topological polar surface area (TPSA) is 84.0 Å². The summed E-state index contributed by atoms with van der Waals surface area (Å²) < 4.78 is 5.03. The summed E-state index contributed by atoms with van der Waals surface area (Å²) in [4.78, 5) is 50.2. The highest BCUT2D eigenvalue weighted by Crippen LogP contribution is 2.17. The molecule has 0 saturated carbocycles. The molecule has 1 aliphatic rings. The molecule has 2 aromatic rings. The van der Waals surface area contributed by atoms with E-state index in [2.05, 4.69) is 0 Å². The van der Waals surface area contributed by atoms with Crippen LogP contribution in [0.3, 0.4) is 0 Å². The summed E-state index contributed by atoms with van der Waals surface area (Å²) in [6, 6.07) is 18.5. The van der Waals surface area contributed by atoms with Crippen molar-refractivity contribution in [3.05, 3.63) is 66.2 Å². The van der Waals surface area contributed by atoms with Crippen LogP contribution in [0.15, 0.2) is 60.7 Å². The van der Waals surface area contributed by atoms with Crippen molar-refractivity contribution in [3.63, 3.8) is 0 Å². The molecular weight excluding hydrogens is 360 g/mol. The third kappa shape index (κ3) is 4.82. The molecule has 0 aromatic heterocycles. The Bertz CT molecular complexity index is 851. The Hall–Kier alpha value is -3.48. The van der Waals surface area contributed by atoms with Gasteiger partial charge in [-0.2, -0.15) is 0 Å². The molecule has 0 aliphatic carbocycles. The van der Waals surface area contributed by atoms with E-state index in [4.69, 9.17) is 4.74 Å². The third-order valence-corrected chi connectivity index (χ3v) is 4.35. The fourth-order valence-electron chi connectivity index (χ4n) is 2.89. The van der Waals surface area contributed by atoms with Gasteiger partial charge in [-0.15, -0.1) is 0 Å². The molecule has 1 heterocycles. The Labute approximate surface area is 162 Å². The number of nitrogens with zero attached hydrogens (tertiary/aromatic N) is 2. The van der Waals surface area contributed by atoms with Gasteiger partial charge in [-0.1, -0.05) is 48.5 Å². The highest BCUT2D eigenvalue weighted by atomic mass is 16.5. The van der Waals surface area contributed by atoms with Crippen LogP contribution in [0.25, 0.3) is 0 Å². The van der Waals surface area contributed by atoms with Gasteiger partial charge in [-0.25, -0.2) is 0 Å². The Morgan fingerprint density at radius 1 is 0.893 bits per heavy atom. The smallest absolute Gasteiger partial charge is 0.326 e. The first kappa shape index (κ1) is 19.3. The van der Waals surface area contributed by atoms with Crippen LogP contribution in [0.4, 0.5) is 5.69 Å². The number of esters is 1. The highest BCUT2D eigenvalue weighted by Gasteiger charge is 2.31. The van der Waals surface area contributed by atoms with E-state index in [1.807, 2.05) is 48.5 Å². The minimum absolute atomic E-state index is 0.101. The summed E-state index contributed by atoms with van der Waals surface area (Å²) in [5.41, 5.74) is 1.61. The van der Waals surface area contributed by atoms with Crippen LogP contribution in [0.5, 0.6) is 0 Å². The molecule has 0 atom stereocenters. The summed E-state index contributed by atoms with van der Waals surface area (Å²) in [6.45, 7) is -0.615. The summed E-state index contributed by atoms with van der Waals surface area (Å²) in [5, 5.41) is 0. The largest absolute Gasteiger partial charge is 0.454 e. The molecule has 0 unspecified atom stereocenters. The van der Waals surface area contributed by atoms with E-state index in [1.165, 1.54) is 4.90 Å². The Balaban J connectivity index is 1.63. The summed E-state index contributed by atoms with van der Waals surface area (Å²) in [5.74, 6) is -1.99. The van der Waals surface area contributed by atoms with Crippen LogP contribution in [-0.2, 0) is 30.5 Å². The molecule has 1 saturated heterocycles. The Morgan fingerprint density at radius 2 is 1.46 bits per heavy atom. The number of amides is 3. The third-order valence-electron chi connectivity index (χ3n) is 4.35. The molecule has 0 radical (unpaired) electrons.